The molecular formula is C15H23NO2. The highest BCUT2D eigenvalue weighted by Crippen LogP contribution is 2.41. The first-order valence-electron chi connectivity index (χ1n) is 6.55. The Morgan fingerprint density at radius 3 is 2.50 bits per heavy atom. The molecule has 0 aromatic heterocycles. The molecule has 1 aromatic carbocycles. The number of hydrogen-bond donors (Lipinski definition) is 1. The van der Waals surface area contributed by atoms with Gasteiger partial charge >= 0.3 is 0 Å². The number of methoxy groups -OCH3 is 2. The van der Waals surface area contributed by atoms with Gasteiger partial charge < -0.3 is 15.2 Å². The molecule has 3 nitrogen and oxygen atoms in total. The van der Waals surface area contributed by atoms with Gasteiger partial charge in [0, 0.05) is 13.2 Å². The summed E-state index contributed by atoms with van der Waals surface area (Å²) in [6.07, 6.45) is 4.41. The topological polar surface area (TPSA) is 44.5 Å². The van der Waals surface area contributed by atoms with Crippen LogP contribution in [0, 0.1) is 6.92 Å². The lowest BCUT2D eigenvalue weighted by Gasteiger charge is -2.42. The molecule has 0 saturated heterocycles. The van der Waals surface area contributed by atoms with Crippen LogP contribution in [0.15, 0.2) is 18.2 Å². The Morgan fingerprint density at radius 2 is 2.06 bits per heavy atom. The monoisotopic (exact) mass is 249 g/mol. The first-order chi connectivity index (χ1) is 8.60. The van der Waals surface area contributed by atoms with E-state index in [0.717, 1.165) is 25.0 Å². The normalized spacial score (nSPS) is 19.1. The van der Waals surface area contributed by atoms with Gasteiger partial charge in [0.15, 0.2) is 0 Å². The highest BCUT2D eigenvalue weighted by molar-refractivity contribution is 5.36. The summed E-state index contributed by atoms with van der Waals surface area (Å²) in [6.45, 7) is 2.08. The van der Waals surface area contributed by atoms with E-state index in [9.17, 15) is 0 Å². The molecule has 1 aliphatic rings. The Kier molecular flexibility index (Phi) is 3.93. The molecule has 1 atom stereocenters. The van der Waals surface area contributed by atoms with E-state index >= 15 is 0 Å². The quantitative estimate of drug-likeness (QED) is 0.872. The zero-order valence-corrected chi connectivity index (χ0v) is 11.5. The fourth-order valence-corrected chi connectivity index (χ4v) is 2.76. The highest BCUT2D eigenvalue weighted by Gasteiger charge is 2.38. The third-order valence-electron chi connectivity index (χ3n) is 4.17. The Bertz CT molecular complexity index is 407. The van der Waals surface area contributed by atoms with Crippen LogP contribution >= 0.6 is 0 Å². The van der Waals surface area contributed by atoms with E-state index in [1.807, 2.05) is 12.1 Å². The SMILES string of the molecule is COc1ccc(C(N)CC2(OC)CCC2)c(C)c1. The van der Waals surface area contributed by atoms with Crippen LogP contribution in [0.1, 0.15) is 42.9 Å². The number of rotatable bonds is 5. The summed E-state index contributed by atoms with van der Waals surface area (Å²) in [5.41, 5.74) is 8.74. The van der Waals surface area contributed by atoms with E-state index in [1.54, 1.807) is 14.2 Å². The van der Waals surface area contributed by atoms with Crippen LogP contribution < -0.4 is 10.5 Å². The minimum absolute atomic E-state index is 0.0196. The zero-order chi connectivity index (χ0) is 13.2. The summed E-state index contributed by atoms with van der Waals surface area (Å²) in [4.78, 5) is 0. The molecule has 2 N–H and O–H groups in total. The third-order valence-corrected chi connectivity index (χ3v) is 4.17. The highest BCUT2D eigenvalue weighted by atomic mass is 16.5. The molecule has 3 heteroatoms. The molecule has 1 aromatic rings. The average Bonchev–Trinajstić information content (AvgIpc) is 2.33. The zero-order valence-electron chi connectivity index (χ0n) is 11.5. The Hall–Kier alpha value is -1.06. The Labute approximate surface area is 109 Å². The molecule has 0 heterocycles. The second kappa shape index (κ2) is 5.29. The van der Waals surface area contributed by atoms with E-state index < -0.39 is 0 Å². The minimum atomic E-state index is 0.0196. The van der Waals surface area contributed by atoms with Gasteiger partial charge in [-0.3, -0.25) is 0 Å². The number of ether oxygens (including phenoxy) is 2. The Balaban J connectivity index is 2.11. The molecule has 0 radical (unpaired) electrons. The molecule has 100 valence electrons. The van der Waals surface area contributed by atoms with E-state index in [1.165, 1.54) is 17.5 Å². The second-order valence-electron chi connectivity index (χ2n) is 5.27. The molecule has 0 amide bonds. The molecule has 2 rings (SSSR count). The maximum Gasteiger partial charge on any atom is 0.119 e. The van der Waals surface area contributed by atoms with Gasteiger partial charge in [-0.25, -0.2) is 0 Å². The van der Waals surface area contributed by atoms with E-state index in [2.05, 4.69) is 13.0 Å². The molecular weight excluding hydrogens is 226 g/mol. The number of benzene rings is 1. The van der Waals surface area contributed by atoms with Crippen molar-refractivity contribution in [2.75, 3.05) is 14.2 Å². The lowest BCUT2D eigenvalue weighted by molar-refractivity contribution is -0.0817. The van der Waals surface area contributed by atoms with Gasteiger partial charge in [-0.2, -0.15) is 0 Å². The summed E-state index contributed by atoms with van der Waals surface area (Å²) < 4.78 is 10.9. The lowest BCUT2D eigenvalue weighted by Crippen LogP contribution is -2.41. The van der Waals surface area contributed by atoms with Crippen LogP contribution in [0.2, 0.25) is 0 Å². The average molecular weight is 249 g/mol. The van der Waals surface area contributed by atoms with Gasteiger partial charge in [0.25, 0.3) is 0 Å². The van der Waals surface area contributed by atoms with Crippen molar-refractivity contribution in [1.29, 1.82) is 0 Å². The molecule has 1 aliphatic carbocycles. The van der Waals surface area contributed by atoms with Crippen LogP contribution in [0.5, 0.6) is 5.75 Å². The van der Waals surface area contributed by atoms with Gasteiger partial charge in [-0.05, 0) is 55.9 Å². The maximum absolute atomic E-state index is 6.34. The summed E-state index contributed by atoms with van der Waals surface area (Å²) >= 11 is 0. The van der Waals surface area contributed by atoms with Crippen LogP contribution in [-0.2, 0) is 4.74 Å². The fourth-order valence-electron chi connectivity index (χ4n) is 2.76. The summed E-state index contributed by atoms with van der Waals surface area (Å²) in [7, 11) is 3.48. The van der Waals surface area contributed by atoms with Crippen molar-refractivity contribution in [3.05, 3.63) is 29.3 Å². The minimum Gasteiger partial charge on any atom is -0.497 e. The third kappa shape index (κ3) is 2.52. The lowest BCUT2D eigenvalue weighted by atomic mass is 9.74. The van der Waals surface area contributed by atoms with Crippen molar-refractivity contribution in [2.24, 2.45) is 5.73 Å². The smallest absolute Gasteiger partial charge is 0.119 e. The molecule has 1 unspecified atom stereocenters. The summed E-state index contributed by atoms with van der Waals surface area (Å²) in [6, 6.07) is 6.12. The molecule has 18 heavy (non-hydrogen) atoms. The van der Waals surface area contributed by atoms with Crippen molar-refractivity contribution < 1.29 is 9.47 Å². The van der Waals surface area contributed by atoms with Crippen molar-refractivity contribution in [3.8, 4) is 5.75 Å². The Morgan fingerprint density at radius 1 is 1.33 bits per heavy atom. The van der Waals surface area contributed by atoms with Crippen LogP contribution in [0.3, 0.4) is 0 Å². The molecule has 0 bridgehead atoms. The standard InChI is InChI=1S/C15H23NO2/c1-11-9-12(17-2)5-6-13(11)14(16)10-15(18-3)7-4-8-15/h5-6,9,14H,4,7-8,10,16H2,1-3H3. The van der Waals surface area contributed by atoms with Gasteiger partial charge in [-0.15, -0.1) is 0 Å². The van der Waals surface area contributed by atoms with Gasteiger partial charge in [-0.1, -0.05) is 6.07 Å². The van der Waals surface area contributed by atoms with Gasteiger partial charge in [0.1, 0.15) is 5.75 Å². The van der Waals surface area contributed by atoms with E-state index in [0.29, 0.717) is 0 Å². The second-order valence-corrected chi connectivity index (χ2v) is 5.27. The largest absolute Gasteiger partial charge is 0.497 e. The number of hydrogen-bond acceptors (Lipinski definition) is 3. The number of aryl methyl sites for hydroxylation is 1. The maximum atomic E-state index is 6.34. The van der Waals surface area contributed by atoms with Gasteiger partial charge in [0.2, 0.25) is 0 Å². The molecule has 0 spiro atoms. The summed E-state index contributed by atoms with van der Waals surface area (Å²) in [5.74, 6) is 0.883. The van der Waals surface area contributed by atoms with Crippen LogP contribution in [0.4, 0.5) is 0 Å². The predicted molar refractivity (Wildman–Crippen MR) is 72.9 cm³/mol. The van der Waals surface area contributed by atoms with E-state index in [-0.39, 0.29) is 11.6 Å². The first-order valence-corrected chi connectivity index (χ1v) is 6.55. The summed E-state index contributed by atoms with van der Waals surface area (Å²) in [5, 5.41) is 0. The van der Waals surface area contributed by atoms with Crippen molar-refractivity contribution in [2.45, 2.75) is 44.2 Å². The van der Waals surface area contributed by atoms with Crippen molar-refractivity contribution >= 4 is 0 Å². The molecule has 1 saturated carbocycles. The van der Waals surface area contributed by atoms with Crippen LogP contribution in [0.25, 0.3) is 0 Å². The van der Waals surface area contributed by atoms with Gasteiger partial charge in [0.05, 0.1) is 12.7 Å². The van der Waals surface area contributed by atoms with Crippen molar-refractivity contribution in [1.82, 2.24) is 0 Å². The fraction of sp³-hybridized carbons (Fsp3) is 0.600. The predicted octanol–water partition coefficient (Wildman–Crippen LogP) is 2.96. The molecule has 0 aliphatic heterocycles. The number of nitrogens with two attached hydrogens (primary N) is 1. The van der Waals surface area contributed by atoms with E-state index in [4.69, 9.17) is 15.2 Å². The van der Waals surface area contributed by atoms with Crippen molar-refractivity contribution in [3.63, 3.8) is 0 Å². The van der Waals surface area contributed by atoms with Crippen LogP contribution in [-0.4, -0.2) is 19.8 Å². The first kappa shape index (κ1) is 13.4. The molecule has 1 fully saturated rings.